The number of rotatable bonds is 17. The summed E-state index contributed by atoms with van der Waals surface area (Å²) in [6.45, 7) is 5.11. The van der Waals surface area contributed by atoms with Crippen LogP contribution in [-0.2, 0) is 0 Å². The number of unbranched alkanes of at least 4 members (excludes halogenated alkanes) is 1. The second-order valence-corrected chi connectivity index (χ2v) is 6.06. The molecule has 0 aromatic carbocycles. The van der Waals surface area contributed by atoms with E-state index in [1.165, 1.54) is 0 Å². The number of nitrogens with two attached hydrogens (primary N) is 4. The highest BCUT2D eigenvalue weighted by Gasteiger charge is 1.96. The van der Waals surface area contributed by atoms with E-state index in [1.807, 2.05) is 0 Å². The van der Waals surface area contributed by atoms with Crippen LogP contribution in [-0.4, -0.2) is 62.6 Å². The SMILES string of the molecule is N=C(N)CC(N)=NCCCNCCCCNCCCN=C(N)CC(=N)N. The van der Waals surface area contributed by atoms with E-state index in [1.54, 1.807) is 0 Å². The fraction of sp³-hybridized carbons (Fsp3) is 0.750. The van der Waals surface area contributed by atoms with Crippen molar-refractivity contribution in [3.63, 3.8) is 0 Å². The summed E-state index contributed by atoms with van der Waals surface area (Å²) < 4.78 is 0. The number of aliphatic imine (C=N–C) groups is 2. The molecule has 10 heteroatoms. The standard InChI is InChI=1S/C16H36N10/c17-13(18)11-15(21)25-9-3-7-23-5-1-2-6-24-8-4-10-26-16(22)12-14(19)20/h23-24H,1-12H2,(H3,17,18)(H3,19,20)(H2,21,25)(H2,22,26). The largest absolute Gasteiger partial charge is 0.387 e. The Morgan fingerprint density at radius 1 is 0.615 bits per heavy atom. The zero-order chi connectivity index (χ0) is 19.6. The number of nitrogens with one attached hydrogen (secondary N) is 4. The molecule has 10 nitrogen and oxygen atoms in total. The molecule has 0 aromatic heterocycles. The van der Waals surface area contributed by atoms with Crippen LogP contribution in [0.3, 0.4) is 0 Å². The number of nitrogens with zero attached hydrogens (tertiary/aromatic N) is 2. The molecule has 0 aromatic rings. The van der Waals surface area contributed by atoms with Crippen LogP contribution in [0.25, 0.3) is 0 Å². The molecule has 0 atom stereocenters. The van der Waals surface area contributed by atoms with Crippen molar-refractivity contribution in [2.75, 3.05) is 39.3 Å². The fourth-order valence-corrected chi connectivity index (χ4v) is 2.11. The maximum absolute atomic E-state index is 7.12. The van der Waals surface area contributed by atoms with Gasteiger partial charge in [0.15, 0.2) is 0 Å². The zero-order valence-electron chi connectivity index (χ0n) is 15.7. The average Bonchev–Trinajstić information content (AvgIpc) is 2.53. The number of hydrogen-bond donors (Lipinski definition) is 8. The molecular formula is C16H36N10. The minimum Gasteiger partial charge on any atom is -0.387 e. The van der Waals surface area contributed by atoms with Crippen LogP contribution < -0.4 is 33.6 Å². The molecule has 0 aliphatic rings. The van der Waals surface area contributed by atoms with Crippen LogP contribution in [0.1, 0.15) is 38.5 Å². The summed E-state index contributed by atoms with van der Waals surface area (Å²) in [4.78, 5) is 8.32. The van der Waals surface area contributed by atoms with Gasteiger partial charge in [-0.15, -0.1) is 0 Å². The molecule has 26 heavy (non-hydrogen) atoms. The molecule has 0 fully saturated rings. The van der Waals surface area contributed by atoms with E-state index in [2.05, 4.69) is 20.6 Å². The van der Waals surface area contributed by atoms with Gasteiger partial charge in [0.25, 0.3) is 0 Å². The fourth-order valence-electron chi connectivity index (χ4n) is 2.11. The summed E-state index contributed by atoms with van der Waals surface area (Å²) in [6.07, 6.45) is 4.57. The van der Waals surface area contributed by atoms with E-state index in [0.29, 0.717) is 24.8 Å². The number of hydrogen-bond acceptors (Lipinski definition) is 6. The van der Waals surface area contributed by atoms with Crippen molar-refractivity contribution in [3.05, 3.63) is 0 Å². The first-order valence-corrected chi connectivity index (χ1v) is 9.06. The maximum Gasteiger partial charge on any atom is 0.101 e. The molecule has 0 spiro atoms. The summed E-state index contributed by atoms with van der Waals surface area (Å²) in [7, 11) is 0. The second-order valence-electron chi connectivity index (χ2n) is 6.06. The van der Waals surface area contributed by atoms with Crippen molar-refractivity contribution in [3.8, 4) is 0 Å². The highest BCUT2D eigenvalue weighted by atomic mass is 14.9. The van der Waals surface area contributed by atoms with Gasteiger partial charge in [-0.3, -0.25) is 20.8 Å². The van der Waals surface area contributed by atoms with E-state index >= 15 is 0 Å². The Hall–Kier alpha value is -2.20. The number of amidine groups is 4. The minimum absolute atomic E-state index is 0.0443. The Bertz CT molecular complexity index is 416. The topological polar surface area (TPSA) is 201 Å². The van der Waals surface area contributed by atoms with Gasteiger partial charge < -0.3 is 33.6 Å². The van der Waals surface area contributed by atoms with Crippen LogP contribution in [0.2, 0.25) is 0 Å². The van der Waals surface area contributed by atoms with Crippen LogP contribution in [0.15, 0.2) is 9.98 Å². The smallest absolute Gasteiger partial charge is 0.101 e. The average molecular weight is 369 g/mol. The van der Waals surface area contributed by atoms with Gasteiger partial charge >= 0.3 is 0 Å². The van der Waals surface area contributed by atoms with Gasteiger partial charge in [-0.1, -0.05) is 0 Å². The van der Waals surface area contributed by atoms with Gasteiger partial charge in [0, 0.05) is 13.1 Å². The first-order valence-electron chi connectivity index (χ1n) is 9.06. The molecule has 0 rings (SSSR count). The maximum atomic E-state index is 7.12. The van der Waals surface area contributed by atoms with Gasteiger partial charge in [-0.05, 0) is 51.9 Å². The normalized spacial score (nSPS) is 12.3. The molecular weight excluding hydrogens is 332 g/mol. The molecule has 0 saturated heterocycles. The predicted molar refractivity (Wildman–Crippen MR) is 110 cm³/mol. The third kappa shape index (κ3) is 18.1. The summed E-state index contributed by atoms with van der Waals surface area (Å²) in [5, 5.41) is 21.0. The molecule has 0 bridgehead atoms. The van der Waals surface area contributed by atoms with Crippen molar-refractivity contribution in [2.45, 2.75) is 38.5 Å². The summed E-state index contributed by atoms with van der Waals surface area (Å²) >= 11 is 0. The Kier molecular flexibility index (Phi) is 14.9. The molecule has 150 valence electrons. The van der Waals surface area contributed by atoms with Crippen LogP contribution in [0, 0.1) is 10.8 Å². The quantitative estimate of drug-likeness (QED) is 0.0927. The lowest BCUT2D eigenvalue weighted by Gasteiger charge is -2.06. The van der Waals surface area contributed by atoms with Crippen molar-refractivity contribution >= 4 is 23.3 Å². The summed E-state index contributed by atoms with van der Waals surface area (Å²) in [5.74, 6) is 0.942. The Labute approximate surface area is 156 Å². The third-order valence-electron chi connectivity index (χ3n) is 3.35. The second kappa shape index (κ2) is 16.3. The molecule has 0 aliphatic carbocycles. The molecule has 0 radical (unpaired) electrons. The lowest BCUT2D eigenvalue weighted by atomic mass is 10.3. The van der Waals surface area contributed by atoms with Crippen molar-refractivity contribution in [2.24, 2.45) is 32.9 Å². The summed E-state index contributed by atoms with van der Waals surface area (Å²) in [6, 6.07) is 0. The molecule has 0 amide bonds. The first kappa shape index (κ1) is 23.8. The lowest BCUT2D eigenvalue weighted by molar-refractivity contribution is 0.570. The van der Waals surface area contributed by atoms with Gasteiger partial charge in [-0.25, -0.2) is 0 Å². The Morgan fingerprint density at radius 3 is 1.31 bits per heavy atom. The van der Waals surface area contributed by atoms with Gasteiger partial charge in [0.2, 0.25) is 0 Å². The van der Waals surface area contributed by atoms with E-state index in [-0.39, 0.29) is 24.5 Å². The van der Waals surface area contributed by atoms with Crippen molar-refractivity contribution in [1.82, 2.24) is 10.6 Å². The lowest BCUT2D eigenvalue weighted by Crippen LogP contribution is -2.23. The van der Waals surface area contributed by atoms with Crippen LogP contribution >= 0.6 is 0 Å². The van der Waals surface area contributed by atoms with Crippen LogP contribution in [0.4, 0.5) is 0 Å². The zero-order valence-corrected chi connectivity index (χ0v) is 15.7. The van der Waals surface area contributed by atoms with Crippen molar-refractivity contribution in [1.29, 1.82) is 10.8 Å². The highest BCUT2D eigenvalue weighted by Crippen LogP contribution is 1.88. The Morgan fingerprint density at radius 2 is 0.962 bits per heavy atom. The third-order valence-corrected chi connectivity index (χ3v) is 3.35. The highest BCUT2D eigenvalue weighted by molar-refractivity contribution is 5.99. The molecule has 0 unspecified atom stereocenters. The monoisotopic (exact) mass is 368 g/mol. The molecule has 0 saturated carbocycles. The minimum atomic E-state index is 0.0443. The van der Waals surface area contributed by atoms with Gasteiger partial charge in [0.1, 0.15) is 11.7 Å². The molecule has 12 N–H and O–H groups in total. The van der Waals surface area contributed by atoms with E-state index in [9.17, 15) is 0 Å². The van der Waals surface area contributed by atoms with Gasteiger partial charge in [0.05, 0.1) is 24.5 Å². The van der Waals surface area contributed by atoms with Gasteiger partial charge in [-0.2, -0.15) is 0 Å². The van der Waals surface area contributed by atoms with E-state index in [4.69, 9.17) is 33.8 Å². The first-order chi connectivity index (χ1) is 12.4. The molecule has 0 heterocycles. The molecule has 0 aliphatic heterocycles. The van der Waals surface area contributed by atoms with E-state index in [0.717, 1.165) is 51.9 Å². The van der Waals surface area contributed by atoms with E-state index < -0.39 is 0 Å². The summed E-state index contributed by atoms with van der Waals surface area (Å²) in [5.41, 5.74) is 21.7. The Balaban J connectivity index is 3.32. The van der Waals surface area contributed by atoms with Crippen molar-refractivity contribution < 1.29 is 0 Å². The predicted octanol–water partition coefficient (Wildman–Crippen LogP) is -0.907. The van der Waals surface area contributed by atoms with Crippen LogP contribution in [0.5, 0.6) is 0 Å².